The molecule has 0 saturated heterocycles. The Labute approximate surface area is 131 Å². The Morgan fingerprint density at radius 2 is 2.05 bits per heavy atom. The van der Waals surface area contributed by atoms with Crippen molar-refractivity contribution in [3.8, 4) is 0 Å². The molecule has 0 fully saturated rings. The summed E-state index contributed by atoms with van der Waals surface area (Å²) in [5.41, 5.74) is 4.73. The second-order valence-corrected chi connectivity index (χ2v) is 5.25. The summed E-state index contributed by atoms with van der Waals surface area (Å²) >= 11 is 3.27. The number of nitrogens with zero attached hydrogens (tertiary/aromatic N) is 2. The lowest BCUT2D eigenvalue weighted by atomic mass is 10.2. The lowest BCUT2D eigenvalue weighted by Crippen LogP contribution is -2.18. The van der Waals surface area contributed by atoms with Crippen LogP contribution in [0, 0.1) is 0 Å². The summed E-state index contributed by atoms with van der Waals surface area (Å²) in [4.78, 5) is 15.8. The zero-order valence-corrected chi connectivity index (χ0v) is 13.0. The SMILES string of the molecule is CC(C=Cc1ccccc1)=NNC(=O)c1cncc(Br)c1. The van der Waals surface area contributed by atoms with Gasteiger partial charge in [0.05, 0.1) is 11.3 Å². The molecule has 1 aromatic heterocycles. The number of carbonyl (C=O) groups excluding carboxylic acids is 1. The first kappa shape index (κ1) is 15.1. The number of nitrogens with one attached hydrogen (secondary N) is 1. The number of amides is 1. The molecule has 0 aliphatic heterocycles. The van der Waals surface area contributed by atoms with Crippen molar-refractivity contribution < 1.29 is 4.79 Å². The molecule has 0 atom stereocenters. The van der Waals surface area contributed by atoms with Crippen LogP contribution in [0.5, 0.6) is 0 Å². The van der Waals surface area contributed by atoms with Gasteiger partial charge in [-0.3, -0.25) is 9.78 Å². The van der Waals surface area contributed by atoms with Gasteiger partial charge >= 0.3 is 0 Å². The van der Waals surface area contributed by atoms with Gasteiger partial charge in [0.2, 0.25) is 0 Å². The number of pyridine rings is 1. The summed E-state index contributed by atoms with van der Waals surface area (Å²) in [6.45, 7) is 1.82. The monoisotopic (exact) mass is 343 g/mol. The summed E-state index contributed by atoms with van der Waals surface area (Å²) in [6, 6.07) is 11.6. The van der Waals surface area contributed by atoms with Crippen molar-refractivity contribution in [2.45, 2.75) is 6.92 Å². The lowest BCUT2D eigenvalue weighted by Gasteiger charge is -2.00. The number of hydrazone groups is 1. The van der Waals surface area contributed by atoms with Crippen LogP contribution in [0.15, 0.2) is 64.4 Å². The van der Waals surface area contributed by atoms with Gasteiger partial charge in [0.1, 0.15) is 0 Å². The largest absolute Gasteiger partial charge is 0.272 e. The summed E-state index contributed by atoms with van der Waals surface area (Å²) in [7, 11) is 0. The highest BCUT2D eigenvalue weighted by atomic mass is 79.9. The minimum atomic E-state index is -0.295. The molecule has 106 valence electrons. The zero-order chi connectivity index (χ0) is 15.1. The molecule has 2 rings (SSSR count). The van der Waals surface area contributed by atoms with Crippen molar-refractivity contribution in [3.05, 3.63) is 70.5 Å². The minimum Gasteiger partial charge on any atom is -0.267 e. The molecule has 0 radical (unpaired) electrons. The smallest absolute Gasteiger partial charge is 0.267 e. The summed E-state index contributed by atoms with van der Waals surface area (Å²) in [5, 5.41) is 4.03. The van der Waals surface area contributed by atoms with Gasteiger partial charge in [0.25, 0.3) is 5.91 Å². The molecule has 2 aromatic rings. The maximum Gasteiger partial charge on any atom is 0.272 e. The topological polar surface area (TPSA) is 54.4 Å². The fourth-order valence-corrected chi connectivity index (χ4v) is 1.92. The molecule has 4 nitrogen and oxygen atoms in total. The Balaban J connectivity index is 1.97. The second-order valence-electron chi connectivity index (χ2n) is 4.33. The molecular formula is C16H14BrN3O. The van der Waals surface area contributed by atoms with E-state index in [0.29, 0.717) is 11.3 Å². The molecule has 1 amide bonds. The first-order valence-corrected chi connectivity index (χ1v) is 7.13. The number of halogens is 1. The van der Waals surface area contributed by atoms with Crippen molar-refractivity contribution in [2.24, 2.45) is 5.10 Å². The van der Waals surface area contributed by atoms with Gasteiger partial charge in [0, 0.05) is 16.9 Å². The molecule has 0 aliphatic rings. The van der Waals surface area contributed by atoms with Crippen LogP contribution in [0.25, 0.3) is 6.08 Å². The number of allylic oxidation sites excluding steroid dienone is 1. The molecule has 1 aromatic carbocycles. The van der Waals surface area contributed by atoms with Gasteiger partial charge in [-0.1, -0.05) is 36.4 Å². The van der Waals surface area contributed by atoms with Crippen LogP contribution in [0.4, 0.5) is 0 Å². The normalized spacial score (nSPS) is 11.6. The van der Waals surface area contributed by atoms with E-state index in [1.54, 1.807) is 12.3 Å². The molecule has 0 bridgehead atoms. The van der Waals surface area contributed by atoms with Crippen molar-refractivity contribution in [3.63, 3.8) is 0 Å². The molecule has 5 heteroatoms. The highest BCUT2D eigenvalue weighted by Gasteiger charge is 2.04. The van der Waals surface area contributed by atoms with E-state index in [1.807, 2.05) is 49.4 Å². The Hall–Kier alpha value is -2.27. The number of carbonyl (C=O) groups is 1. The van der Waals surface area contributed by atoms with Gasteiger partial charge in [-0.05, 0) is 40.6 Å². The molecule has 1 N–H and O–H groups in total. The van der Waals surface area contributed by atoms with E-state index in [9.17, 15) is 4.79 Å². The first-order chi connectivity index (χ1) is 10.1. The molecular weight excluding hydrogens is 330 g/mol. The average molecular weight is 344 g/mol. The van der Waals surface area contributed by atoms with Crippen LogP contribution in [-0.2, 0) is 0 Å². The highest BCUT2D eigenvalue weighted by Crippen LogP contribution is 2.09. The van der Waals surface area contributed by atoms with Crippen molar-refractivity contribution >= 4 is 33.6 Å². The lowest BCUT2D eigenvalue weighted by molar-refractivity contribution is 0.0954. The van der Waals surface area contributed by atoms with Crippen LogP contribution in [0.2, 0.25) is 0 Å². The fourth-order valence-electron chi connectivity index (χ4n) is 1.56. The Kier molecular flexibility index (Phi) is 5.40. The number of aromatic nitrogens is 1. The van der Waals surface area contributed by atoms with Gasteiger partial charge in [0.15, 0.2) is 0 Å². The number of rotatable bonds is 4. The molecule has 0 aliphatic carbocycles. The molecule has 0 spiro atoms. The van der Waals surface area contributed by atoms with E-state index in [2.05, 4.69) is 31.4 Å². The average Bonchev–Trinajstić information content (AvgIpc) is 2.51. The van der Waals surface area contributed by atoms with Gasteiger partial charge in [-0.15, -0.1) is 0 Å². The Morgan fingerprint density at radius 3 is 2.76 bits per heavy atom. The number of benzene rings is 1. The highest BCUT2D eigenvalue weighted by molar-refractivity contribution is 9.10. The fraction of sp³-hybridized carbons (Fsp3) is 0.0625. The van der Waals surface area contributed by atoms with E-state index in [4.69, 9.17) is 0 Å². The van der Waals surface area contributed by atoms with E-state index >= 15 is 0 Å². The van der Waals surface area contributed by atoms with Crippen LogP contribution in [0.1, 0.15) is 22.8 Å². The van der Waals surface area contributed by atoms with E-state index in [0.717, 1.165) is 10.0 Å². The van der Waals surface area contributed by atoms with Crippen LogP contribution in [-0.4, -0.2) is 16.6 Å². The van der Waals surface area contributed by atoms with Crippen molar-refractivity contribution in [1.29, 1.82) is 0 Å². The van der Waals surface area contributed by atoms with Crippen LogP contribution in [0.3, 0.4) is 0 Å². The van der Waals surface area contributed by atoms with Crippen LogP contribution < -0.4 is 5.43 Å². The minimum absolute atomic E-state index is 0.295. The summed E-state index contributed by atoms with van der Waals surface area (Å²) in [6.07, 6.45) is 6.89. The Morgan fingerprint density at radius 1 is 1.29 bits per heavy atom. The zero-order valence-electron chi connectivity index (χ0n) is 11.5. The molecule has 0 unspecified atom stereocenters. The van der Waals surface area contributed by atoms with Crippen LogP contribution >= 0.6 is 15.9 Å². The molecule has 1 heterocycles. The standard InChI is InChI=1S/C16H14BrN3O/c1-12(7-8-13-5-3-2-4-6-13)19-20-16(21)14-9-15(17)11-18-10-14/h2-11H,1H3,(H,20,21). The summed E-state index contributed by atoms with van der Waals surface area (Å²) in [5.74, 6) is -0.295. The maximum atomic E-state index is 11.9. The third-order valence-corrected chi connectivity index (χ3v) is 3.05. The van der Waals surface area contributed by atoms with Crippen molar-refractivity contribution in [1.82, 2.24) is 10.4 Å². The van der Waals surface area contributed by atoms with Gasteiger partial charge in [-0.2, -0.15) is 5.10 Å². The third-order valence-electron chi connectivity index (χ3n) is 2.62. The predicted octanol–water partition coefficient (Wildman–Crippen LogP) is 3.66. The van der Waals surface area contributed by atoms with E-state index < -0.39 is 0 Å². The predicted molar refractivity (Wildman–Crippen MR) is 88.0 cm³/mol. The first-order valence-electron chi connectivity index (χ1n) is 6.33. The Bertz CT molecular complexity index is 681. The molecule has 0 saturated carbocycles. The number of hydrogen-bond donors (Lipinski definition) is 1. The van der Waals surface area contributed by atoms with E-state index in [-0.39, 0.29) is 5.91 Å². The van der Waals surface area contributed by atoms with Gasteiger partial charge < -0.3 is 0 Å². The van der Waals surface area contributed by atoms with E-state index in [1.165, 1.54) is 6.20 Å². The number of hydrogen-bond acceptors (Lipinski definition) is 3. The second kappa shape index (κ2) is 7.50. The third kappa shape index (κ3) is 4.96. The van der Waals surface area contributed by atoms with Gasteiger partial charge in [-0.25, -0.2) is 5.43 Å². The van der Waals surface area contributed by atoms with Crippen molar-refractivity contribution in [2.75, 3.05) is 0 Å². The summed E-state index contributed by atoms with van der Waals surface area (Å²) < 4.78 is 0.750. The maximum absolute atomic E-state index is 11.9. The quantitative estimate of drug-likeness (QED) is 0.680. The molecule has 21 heavy (non-hydrogen) atoms.